The van der Waals surface area contributed by atoms with Gasteiger partial charge in [-0.05, 0) is 36.2 Å². The maximum absolute atomic E-state index is 12.3. The van der Waals surface area contributed by atoms with Crippen molar-refractivity contribution in [1.29, 1.82) is 0 Å². The van der Waals surface area contributed by atoms with Crippen LogP contribution in [0.4, 0.5) is 5.82 Å². The van der Waals surface area contributed by atoms with Crippen LogP contribution >= 0.6 is 0 Å². The summed E-state index contributed by atoms with van der Waals surface area (Å²) < 4.78 is 6.89. The number of para-hydroxylation sites is 1. The van der Waals surface area contributed by atoms with Crippen molar-refractivity contribution in [2.24, 2.45) is 0 Å². The van der Waals surface area contributed by atoms with E-state index in [0.717, 1.165) is 10.9 Å². The standard InChI is InChI=1S/C20H17N3O2/c1-14-6-2-3-7-15(14)12-23-18-9-5-4-8-17(18)19(22-23)21-20(24)16-10-11-25-13-16/h2-11,13H,12H2,1H3,(H,21,22,24). The summed E-state index contributed by atoms with van der Waals surface area (Å²) in [5.74, 6) is 0.315. The number of nitrogens with zero attached hydrogens (tertiary/aromatic N) is 2. The Hall–Kier alpha value is -3.34. The maximum Gasteiger partial charge on any atom is 0.260 e. The van der Waals surface area contributed by atoms with Gasteiger partial charge in [0.25, 0.3) is 5.91 Å². The van der Waals surface area contributed by atoms with E-state index in [9.17, 15) is 4.79 Å². The molecule has 4 rings (SSSR count). The Kier molecular flexibility index (Phi) is 3.82. The zero-order chi connectivity index (χ0) is 17.2. The minimum absolute atomic E-state index is 0.236. The first-order chi connectivity index (χ1) is 12.2. The van der Waals surface area contributed by atoms with Gasteiger partial charge in [0, 0.05) is 5.39 Å². The zero-order valence-corrected chi connectivity index (χ0v) is 13.8. The Morgan fingerprint density at radius 3 is 2.72 bits per heavy atom. The summed E-state index contributed by atoms with van der Waals surface area (Å²) in [6, 6.07) is 17.7. The lowest BCUT2D eigenvalue weighted by Gasteiger charge is -2.06. The maximum atomic E-state index is 12.3. The molecule has 0 unspecified atom stereocenters. The Labute approximate surface area is 144 Å². The number of hydrogen-bond acceptors (Lipinski definition) is 3. The van der Waals surface area contributed by atoms with Crippen LogP contribution in [0.1, 0.15) is 21.5 Å². The fourth-order valence-electron chi connectivity index (χ4n) is 2.86. The average Bonchev–Trinajstić information content (AvgIpc) is 3.27. The first kappa shape index (κ1) is 15.2. The van der Waals surface area contributed by atoms with Crippen molar-refractivity contribution in [3.63, 3.8) is 0 Å². The number of nitrogens with one attached hydrogen (secondary N) is 1. The highest BCUT2D eigenvalue weighted by Gasteiger charge is 2.15. The third kappa shape index (κ3) is 2.92. The monoisotopic (exact) mass is 331 g/mol. The molecule has 25 heavy (non-hydrogen) atoms. The molecule has 1 amide bonds. The molecule has 0 atom stereocenters. The number of aryl methyl sites for hydroxylation is 1. The number of furan rings is 1. The van der Waals surface area contributed by atoms with E-state index in [2.05, 4.69) is 29.5 Å². The van der Waals surface area contributed by atoms with E-state index in [1.54, 1.807) is 6.07 Å². The number of amides is 1. The van der Waals surface area contributed by atoms with E-state index in [0.29, 0.717) is 17.9 Å². The number of anilines is 1. The number of benzene rings is 2. The van der Waals surface area contributed by atoms with Crippen LogP contribution in [-0.4, -0.2) is 15.7 Å². The summed E-state index contributed by atoms with van der Waals surface area (Å²) in [7, 11) is 0. The first-order valence-corrected chi connectivity index (χ1v) is 8.06. The molecule has 0 spiro atoms. The van der Waals surface area contributed by atoms with Crippen LogP contribution in [0.5, 0.6) is 0 Å². The molecule has 2 heterocycles. The fraction of sp³-hybridized carbons (Fsp3) is 0.100. The highest BCUT2D eigenvalue weighted by Crippen LogP contribution is 2.24. The molecular formula is C20H17N3O2. The molecule has 1 N–H and O–H groups in total. The topological polar surface area (TPSA) is 60.1 Å². The van der Waals surface area contributed by atoms with Crippen LogP contribution in [0.15, 0.2) is 71.5 Å². The molecule has 0 aliphatic rings. The van der Waals surface area contributed by atoms with Crippen LogP contribution in [0.25, 0.3) is 10.9 Å². The van der Waals surface area contributed by atoms with Gasteiger partial charge in [-0.2, -0.15) is 5.10 Å². The molecule has 2 aromatic carbocycles. The summed E-state index contributed by atoms with van der Waals surface area (Å²) in [6.45, 7) is 2.73. The summed E-state index contributed by atoms with van der Waals surface area (Å²) in [5, 5.41) is 8.42. The minimum atomic E-state index is -0.236. The van der Waals surface area contributed by atoms with E-state index in [1.807, 2.05) is 41.1 Å². The van der Waals surface area contributed by atoms with Gasteiger partial charge in [0.05, 0.1) is 23.9 Å². The summed E-state index contributed by atoms with van der Waals surface area (Å²) in [6.07, 6.45) is 2.89. The van der Waals surface area contributed by atoms with Gasteiger partial charge in [-0.3, -0.25) is 9.48 Å². The van der Waals surface area contributed by atoms with Crippen molar-refractivity contribution in [3.8, 4) is 0 Å². The number of hydrogen-bond donors (Lipinski definition) is 1. The van der Waals surface area contributed by atoms with Gasteiger partial charge >= 0.3 is 0 Å². The third-order valence-electron chi connectivity index (χ3n) is 4.25. The quantitative estimate of drug-likeness (QED) is 0.608. The van der Waals surface area contributed by atoms with Crippen molar-refractivity contribution in [2.45, 2.75) is 13.5 Å². The molecule has 0 fully saturated rings. The number of fused-ring (bicyclic) bond motifs is 1. The minimum Gasteiger partial charge on any atom is -0.472 e. The Balaban J connectivity index is 1.71. The van der Waals surface area contributed by atoms with Crippen LogP contribution in [0.3, 0.4) is 0 Å². The normalized spacial score (nSPS) is 10.9. The number of carbonyl (C=O) groups is 1. The summed E-state index contributed by atoms with van der Waals surface area (Å²) >= 11 is 0. The van der Waals surface area contributed by atoms with Crippen molar-refractivity contribution < 1.29 is 9.21 Å². The Morgan fingerprint density at radius 2 is 1.92 bits per heavy atom. The second kappa shape index (κ2) is 6.28. The van der Waals surface area contributed by atoms with E-state index in [-0.39, 0.29) is 5.91 Å². The highest BCUT2D eigenvalue weighted by molar-refractivity contribution is 6.07. The lowest BCUT2D eigenvalue weighted by atomic mass is 10.1. The Bertz CT molecular complexity index is 1030. The number of aromatic nitrogens is 2. The SMILES string of the molecule is Cc1ccccc1Cn1nc(NC(=O)c2ccoc2)c2ccccc21. The summed E-state index contributed by atoms with van der Waals surface area (Å²) in [5.41, 5.74) is 3.86. The fourth-order valence-corrected chi connectivity index (χ4v) is 2.86. The second-order valence-electron chi connectivity index (χ2n) is 5.92. The van der Waals surface area contributed by atoms with Crippen molar-refractivity contribution >= 4 is 22.6 Å². The van der Waals surface area contributed by atoms with Gasteiger partial charge < -0.3 is 9.73 Å². The second-order valence-corrected chi connectivity index (χ2v) is 5.92. The van der Waals surface area contributed by atoms with Crippen molar-refractivity contribution in [3.05, 3.63) is 83.8 Å². The molecule has 0 saturated heterocycles. The van der Waals surface area contributed by atoms with Gasteiger partial charge in [0.1, 0.15) is 6.26 Å². The molecule has 4 aromatic rings. The third-order valence-corrected chi connectivity index (χ3v) is 4.25. The van der Waals surface area contributed by atoms with Crippen LogP contribution in [0, 0.1) is 6.92 Å². The molecule has 5 heteroatoms. The van der Waals surface area contributed by atoms with Crippen LogP contribution < -0.4 is 5.32 Å². The van der Waals surface area contributed by atoms with Crippen molar-refractivity contribution in [1.82, 2.24) is 9.78 Å². The van der Waals surface area contributed by atoms with E-state index in [1.165, 1.54) is 23.7 Å². The molecule has 2 aromatic heterocycles. The molecular weight excluding hydrogens is 314 g/mol. The van der Waals surface area contributed by atoms with Gasteiger partial charge in [0.2, 0.25) is 0 Å². The molecule has 124 valence electrons. The smallest absolute Gasteiger partial charge is 0.260 e. The number of carbonyl (C=O) groups excluding carboxylic acids is 1. The van der Waals surface area contributed by atoms with E-state index < -0.39 is 0 Å². The molecule has 0 saturated carbocycles. The predicted molar refractivity (Wildman–Crippen MR) is 96.7 cm³/mol. The van der Waals surface area contributed by atoms with Gasteiger partial charge in [0.15, 0.2) is 5.82 Å². The molecule has 0 aliphatic heterocycles. The molecule has 0 radical (unpaired) electrons. The first-order valence-electron chi connectivity index (χ1n) is 8.06. The molecule has 0 aliphatic carbocycles. The molecule has 5 nitrogen and oxygen atoms in total. The van der Waals surface area contributed by atoms with Gasteiger partial charge in [-0.1, -0.05) is 36.4 Å². The Morgan fingerprint density at radius 1 is 1.12 bits per heavy atom. The molecule has 0 bridgehead atoms. The average molecular weight is 331 g/mol. The lowest BCUT2D eigenvalue weighted by molar-refractivity contribution is 0.102. The van der Waals surface area contributed by atoms with Crippen LogP contribution in [0.2, 0.25) is 0 Å². The zero-order valence-electron chi connectivity index (χ0n) is 13.8. The number of rotatable bonds is 4. The highest BCUT2D eigenvalue weighted by atomic mass is 16.3. The van der Waals surface area contributed by atoms with E-state index in [4.69, 9.17) is 4.42 Å². The largest absolute Gasteiger partial charge is 0.472 e. The lowest BCUT2D eigenvalue weighted by Crippen LogP contribution is -2.12. The van der Waals surface area contributed by atoms with Gasteiger partial charge in [-0.15, -0.1) is 0 Å². The van der Waals surface area contributed by atoms with Crippen molar-refractivity contribution in [2.75, 3.05) is 5.32 Å². The predicted octanol–water partition coefficient (Wildman–Crippen LogP) is 4.24. The van der Waals surface area contributed by atoms with Gasteiger partial charge in [-0.25, -0.2) is 0 Å². The summed E-state index contributed by atoms with van der Waals surface area (Å²) in [4.78, 5) is 12.3. The van der Waals surface area contributed by atoms with E-state index >= 15 is 0 Å². The van der Waals surface area contributed by atoms with Crippen LogP contribution in [-0.2, 0) is 6.54 Å².